The van der Waals surface area contributed by atoms with Gasteiger partial charge in [0.25, 0.3) is 5.91 Å². The first-order valence-corrected chi connectivity index (χ1v) is 8.05. The van der Waals surface area contributed by atoms with Crippen molar-refractivity contribution in [2.45, 2.75) is 25.8 Å². The highest BCUT2D eigenvalue weighted by atomic mass is 32.2. The van der Waals surface area contributed by atoms with Gasteiger partial charge in [0.15, 0.2) is 5.78 Å². The molecule has 6 heteroatoms. The second kappa shape index (κ2) is 8.46. The van der Waals surface area contributed by atoms with Gasteiger partial charge >= 0.3 is 5.97 Å². The zero-order chi connectivity index (χ0) is 15.8. The summed E-state index contributed by atoms with van der Waals surface area (Å²) in [7, 11) is 0. The normalized spacial score (nSPS) is 11.7. The van der Waals surface area contributed by atoms with Gasteiger partial charge in [-0.25, -0.2) is 4.79 Å². The van der Waals surface area contributed by atoms with Crippen LogP contribution in [-0.4, -0.2) is 40.8 Å². The zero-order valence-corrected chi connectivity index (χ0v) is 12.9. The number of carboxylic acids is 1. The first-order valence-electron chi connectivity index (χ1n) is 6.66. The summed E-state index contributed by atoms with van der Waals surface area (Å²) in [5, 5.41) is 11.6. The van der Waals surface area contributed by atoms with Crippen LogP contribution in [0.4, 0.5) is 0 Å². The number of hydrogen-bond donors (Lipinski definition) is 2. The van der Waals surface area contributed by atoms with Crippen molar-refractivity contribution in [2.24, 2.45) is 0 Å². The van der Waals surface area contributed by atoms with Gasteiger partial charge in [-0.15, -0.1) is 0 Å². The van der Waals surface area contributed by atoms with Crippen LogP contribution in [0.3, 0.4) is 0 Å². The summed E-state index contributed by atoms with van der Waals surface area (Å²) in [6, 6.07) is 5.50. The largest absolute Gasteiger partial charge is 0.480 e. The molecule has 0 fully saturated rings. The van der Waals surface area contributed by atoms with Crippen molar-refractivity contribution in [2.75, 3.05) is 12.0 Å². The van der Waals surface area contributed by atoms with Gasteiger partial charge in [0, 0.05) is 12.0 Å². The van der Waals surface area contributed by atoms with E-state index in [2.05, 4.69) is 5.32 Å². The monoisotopic (exact) mass is 309 g/mol. The summed E-state index contributed by atoms with van der Waals surface area (Å²) in [6.07, 6.45) is 2.50. The molecule has 0 saturated carbocycles. The molecule has 1 aromatic rings. The molecular formula is C15H19NO4S. The van der Waals surface area contributed by atoms with Crippen molar-refractivity contribution < 1.29 is 19.5 Å². The third-order valence-corrected chi connectivity index (χ3v) is 3.65. The molecule has 1 amide bonds. The van der Waals surface area contributed by atoms with Crippen molar-refractivity contribution in [3.05, 3.63) is 35.4 Å². The summed E-state index contributed by atoms with van der Waals surface area (Å²) in [5.74, 6) is -1.11. The Bertz CT molecular complexity index is 530. The topological polar surface area (TPSA) is 83.5 Å². The van der Waals surface area contributed by atoms with Crippen molar-refractivity contribution >= 4 is 29.4 Å². The Morgan fingerprint density at radius 1 is 1.24 bits per heavy atom. The molecule has 21 heavy (non-hydrogen) atoms. The number of benzene rings is 1. The lowest BCUT2D eigenvalue weighted by atomic mass is 10.0. The van der Waals surface area contributed by atoms with Crippen molar-refractivity contribution in [1.29, 1.82) is 0 Å². The van der Waals surface area contributed by atoms with Crippen molar-refractivity contribution in [1.82, 2.24) is 5.32 Å². The van der Waals surface area contributed by atoms with E-state index in [9.17, 15) is 14.4 Å². The van der Waals surface area contributed by atoms with Crippen molar-refractivity contribution in [3.8, 4) is 0 Å². The number of aliphatic carboxylic acids is 1. The Balaban J connectivity index is 2.92. The number of amides is 1. The van der Waals surface area contributed by atoms with E-state index in [0.29, 0.717) is 24.2 Å². The number of ketones is 1. The minimum Gasteiger partial charge on any atom is -0.480 e. The van der Waals surface area contributed by atoms with E-state index < -0.39 is 17.9 Å². The van der Waals surface area contributed by atoms with Gasteiger partial charge in [-0.2, -0.15) is 11.8 Å². The average molecular weight is 309 g/mol. The first-order chi connectivity index (χ1) is 10.0. The van der Waals surface area contributed by atoms with Crippen LogP contribution in [0.15, 0.2) is 24.3 Å². The van der Waals surface area contributed by atoms with E-state index in [1.54, 1.807) is 25.1 Å². The number of Topliss-reactive ketones (excluding diaryl/α,β-unsaturated/α-hetero) is 1. The Hall–Kier alpha value is -1.82. The van der Waals surface area contributed by atoms with Gasteiger partial charge in [-0.1, -0.05) is 25.1 Å². The highest BCUT2D eigenvalue weighted by Gasteiger charge is 2.22. The summed E-state index contributed by atoms with van der Waals surface area (Å²) in [4.78, 5) is 35.2. The molecule has 0 spiro atoms. The molecule has 1 rings (SSSR count). The van der Waals surface area contributed by atoms with Crippen LogP contribution in [0.5, 0.6) is 0 Å². The van der Waals surface area contributed by atoms with Gasteiger partial charge < -0.3 is 10.4 Å². The van der Waals surface area contributed by atoms with E-state index in [1.807, 2.05) is 6.26 Å². The minimum atomic E-state index is -1.07. The fraction of sp³-hybridized carbons (Fsp3) is 0.400. The quantitative estimate of drug-likeness (QED) is 0.719. The Morgan fingerprint density at radius 2 is 1.86 bits per heavy atom. The minimum absolute atomic E-state index is 0.142. The van der Waals surface area contributed by atoms with Gasteiger partial charge in [0.05, 0.1) is 5.56 Å². The van der Waals surface area contributed by atoms with Gasteiger partial charge in [-0.05, 0) is 24.5 Å². The maximum Gasteiger partial charge on any atom is 0.326 e. The molecule has 1 aromatic carbocycles. The first kappa shape index (κ1) is 17.2. The summed E-state index contributed by atoms with van der Waals surface area (Å²) in [5.41, 5.74) is 0.547. The lowest BCUT2D eigenvalue weighted by Gasteiger charge is -2.15. The summed E-state index contributed by atoms with van der Waals surface area (Å²) in [6.45, 7) is 1.72. The fourth-order valence-corrected chi connectivity index (χ4v) is 2.32. The fourth-order valence-electron chi connectivity index (χ4n) is 1.84. The van der Waals surface area contributed by atoms with Gasteiger partial charge in [-0.3, -0.25) is 9.59 Å². The molecule has 0 aliphatic carbocycles. The van der Waals surface area contributed by atoms with Crippen LogP contribution in [-0.2, 0) is 4.79 Å². The molecular weight excluding hydrogens is 290 g/mol. The van der Waals surface area contributed by atoms with E-state index >= 15 is 0 Å². The number of rotatable bonds is 8. The SMILES string of the molecule is CCC(=O)c1ccccc1C(=O)N[C@@H](CCSC)C(=O)O. The molecule has 0 aromatic heterocycles. The maximum atomic E-state index is 12.2. The molecule has 0 radical (unpaired) electrons. The standard InChI is InChI=1S/C15H19NO4S/c1-3-13(17)10-6-4-5-7-11(10)14(18)16-12(15(19)20)8-9-21-2/h4-7,12H,3,8-9H2,1-2H3,(H,16,18)(H,19,20)/t12-/m0/s1. The van der Waals surface area contributed by atoms with Gasteiger partial charge in [0.2, 0.25) is 0 Å². The van der Waals surface area contributed by atoms with Crippen LogP contribution in [0.2, 0.25) is 0 Å². The van der Waals surface area contributed by atoms with Crippen LogP contribution in [0.25, 0.3) is 0 Å². The highest BCUT2D eigenvalue weighted by Crippen LogP contribution is 2.12. The molecule has 0 heterocycles. The van der Waals surface area contributed by atoms with Crippen LogP contribution < -0.4 is 5.32 Å². The molecule has 1 atom stereocenters. The maximum absolute atomic E-state index is 12.2. The molecule has 0 aliphatic rings. The van der Waals surface area contributed by atoms with Gasteiger partial charge in [0.1, 0.15) is 6.04 Å². The molecule has 2 N–H and O–H groups in total. The Labute approximate surface area is 128 Å². The van der Waals surface area contributed by atoms with Crippen LogP contribution >= 0.6 is 11.8 Å². The molecule has 0 bridgehead atoms. The van der Waals surface area contributed by atoms with Crippen LogP contribution in [0, 0.1) is 0 Å². The Kier molecular flexibility index (Phi) is 6.94. The van der Waals surface area contributed by atoms with E-state index in [0.717, 1.165) is 0 Å². The lowest BCUT2D eigenvalue weighted by Crippen LogP contribution is -2.41. The lowest BCUT2D eigenvalue weighted by molar-refractivity contribution is -0.139. The predicted molar refractivity (Wildman–Crippen MR) is 83.0 cm³/mol. The van der Waals surface area contributed by atoms with E-state index in [1.165, 1.54) is 17.8 Å². The molecule has 5 nitrogen and oxygen atoms in total. The highest BCUT2D eigenvalue weighted by molar-refractivity contribution is 7.98. The summed E-state index contributed by atoms with van der Waals surface area (Å²) >= 11 is 1.51. The molecule has 0 saturated heterocycles. The average Bonchev–Trinajstić information content (AvgIpc) is 2.50. The van der Waals surface area contributed by atoms with Crippen molar-refractivity contribution in [3.63, 3.8) is 0 Å². The number of carbonyl (C=O) groups is 3. The molecule has 0 unspecified atom stereocenters. The third-order valence-electron chi connectivity index (χ3n) is 3.01. The smallest absolute Gasteiger partial charge is 0.326 e. The number of nitrogens with one attached hydrogen (secondary N) is 1. The second-order valence-corrected chi connectivity index (χ2v) is 5.45. The third kappa shape index (κ3) is 4.90. The second-order valence-electron chi connectivity index (χ2n) is 4.47. The number of carboxylic acid groups (broad SMARTS) is 1. The molecule has 114 valence electrons. The summed E-state index contributed by atoms with van der Waals surface area (Å²) < 4.78 is 0. The predicted octanol–water partition coefficient (Wildman–Crippen LogP) is 2.22. The molecule has 0 aliphatic heterocycles. The van der Waals surface area contributed by atoms with Crippen LogP contribution in [0.1, 0.15) is 40.5 Å². The zero-order valence-electron chi connectivity index (χ0n) is 12.1. The van der Waals surface area contributed by atoms with E-state index in [-0.39, 0.29) is 11.3 Å². The number of hydrogen-bond acceptors (Lipinski definition) is 4. The Morgan fingerprint density at radius 3 is 2.38 bits per heavy atom. The van der Waals surface area contributed by atoms with E-state index in [4.69, 9.17) is 5.11 Å². The number of carbonyl (C=O) groups excluding carboxylic acids is 2. The number of thioether (sulfide) groups is 1.